The van der Waals surface area contributed by atoms with Crippen LogP contribution in [-0.4, -0.2) is 4.57 Å². The standard InChI is InChI=1S/C70H52N2/c1-69(2)60-40-49(34-37-55(60)56-39-36-52(42-62(56)69)71(51-28-12-7-13-29-51)64-32-18-26-45-20-14-16-30-53(45)64)50-35-38-57-58-43-59-66(44-63(58)70(3,4)61(57)41-50)72(65-33-19-27-46-21-15-17-31-54(46)65)68(48-24-10-6-11-25-48)67(59)47-22-8-5-9-23-47/h5-44H,1-4H3. The highest BCUT2D eigenvalue weighted by atomic mass is 15.1. The molecule has 2 aliphatic carbocycles. The number of nitrogens with zero attached hydrogens (tertiary/aromatic N) is 2. The Labute approximate surface area is 421 Å². The van der Waals surface area contributed by atoms with Crippen LogP contribution in [-0.2, 0) is 10.8 Å². The molecule has 1 aromatic heterocycles. The molecule has 12 aromatic rings. The second kappa shape index (κ2) is 15.9. The maximum atomic E-state index is 2.55. The van der Waals surface area contributed by atoms with Gasteiger partial charge in [-0.3, -0.25) is 0 Å². The largest absolute Gasteiger partial charge is 0.310 e. The molecule has 2 aliphatic rings. The zero-order valence-corrected chi connectivity index (χ0v) is 41.0. The van der Waals surface area contributed by atoms with E-state index in [-0.39, 0.29) is 10.8 Å². The van der Waals surface area contributed by atoms with Gasteiger partial charge in [0, 0.05) is 43.9 Å². The Hall–Kier alpha value is -8.72. The van der Waals surface area contributed by atoms with Crippen molar-refractivity contribution in [2.24, 2.45) is 0 Å². The normalized spacial score (nSPS) is 13.8. The summed E-state index contributed by atoms with van der Waals surface area (Å²) in [6.45, 7) is 9.65. The lowest BCUT2D eigenvalue weighted by atomic mass is 9.80. The van der Waals surface area contributed by atoms with Crippen LogP contribution < -0.4 is 4.90 Å². The van der Waals surface area contributed by atoms with Gasteiger partial charge in [-0.1, -0.05) is 210 Å². The van der Waals surface area contributed by atoms with Crippen LogP contribution >= 0.6 is 0 Å². The lowest BCUT2D eigenvalue weighted by Crippen LogP contribution is -2.17. The van der Waals surface area contributed by atoms with Crippen molar-refractivity contribution >= 4 is 49.5 Å². The Morgan fingerprint density at radius 2 is 0.833 bits per heavy atom. The van der Waals surface area contributed by atoms with Crippen molar-refractivity contribution in [3.8, 4) is 61.5 Å². The second-order valence-corrected chi connectivity index (χ2v) is 20.9. The first-order valence-electron chi connectivity index (χ1n) is 25.3. The molecule has 0 fully saturated rings. The molecule has 1 heterocycles. The van der Waals surface area contributed by atoms with Crippen LogP contribution in [0.5, 0.6) is 0 Å². The quantitative estimate of drug-likeness (QED) is 0.155. The Balaban J connectivity index is 0.892. The maximum absolute atomic E-state index is 2.55. The van der Waals surface area contributed by atoms with E-state index < -0.39 is 0 Å². The van der Waals surface area contributed by atoms with Crippen LogP contribution in [0.2, 0.25) is 0 Å². The van der Waals surface area contributed by atoms with Crippen LogP contribution in [0.15, 0.2) is 243 Å². The minimum atomic E-state index is -0.250. The number of anilines is 3. The zero-order valence-electron chi connectivity index (χ0n) is 41.0. The number of rotatable bonds is 7. The number of aromatic nitrogens is 1. The van der Waals surface area contributed by atoms with Crippen LogP contribution in [0.25, 0.3) is 93.9 Å². The molecular weight excluding hydrogens is 869 g/mol. The van der Waals surface area contributed by atoms with Gasteiger partial charge >= 0.3 is 0 Å². The molecule has 0 amide bonds. The SMILES string of the molecule is CC1(C)c2cc(-c3ccc4c(c3)C(C)(C)c3cc5c(cc3-4)c(-c3ccccc3)c(-c3ccccc3)n5-c3cccc4ccccc34)ccc2-c2ccc(N(c3ccccc3)c3cccc4ccccc34)cc21. The van der Waals surface area contributed by atoms with E-state index in [9.17, 15) is 0 Å². The molecule has 0 N–H and O–H groups in total. The van der Waals surface area contributed by atoms with Crippen LogP contribution in [0.3, 0.4) is 0 Å². The molecule has 14 rings (SSSR count). The van der Waals surface area contributed by atoms with E-state index in [1.807, 2.05) is 0 Å². The van der Waals surface area contributed by atoms with E-state index >= 15 is 0 Å². The van der Waals surface area contributed by atoms with E-state index in [0.29, 0.717) is 0 Å². The van der Waals surface area contributed by atoms with Crippen molar-refractivity contribution in [1.82, 2.24) is 4.57 Å². The molecule has 2 nitrogen and oxygen atoms in total. The number of fused-ring (bicyclic) bond motifs is 9. The third-order valence-electron chi connectivity index (χ3n) is 16.2. The number of para-hydroxylation sites is 1. The highest BCUT2D eigenvalue weighted by Gasteiger charge is 2.39. The molecule has 0 bridgehead atoms. The lowest BCUT2D eigenvalue weighted by Gasteiger charge is -2.29. The minimum Gasteiger partial charge on any atom is -0.310 e. The fourth-order valence-corrected chi connectivity index (χ4v) is 12.6. The van der Waals surface area contributed by atoms with Crippen LogP contribution in [0, 0.1) is 0 Å². The molecule has 11 aromatic carbocycles. The summed E-state index contributed by atoms with van der Waals surface area (Å²) in [6.07, 6.45) is 0. The average Bonchev–Trinajstić information content (AvgIpc) is 3.97. The van der Waals surface area contributed by atoms with E-state index in [2.05, 4.69) is 280 Å². The van der Waals surface area contributed by atoms with Gasteiger partial charge in [0.15, 0.2) is 0 Å². The van der Waals surface area contributed by atoms with Gasteiger partial charge in [-0.05, 0) is 138 Å². The Morgan fingerprint density at radius 3 is 1.50 bits per heavy atom. The number of benzene rings is 11. The molecule has 0 saturated carbocycles. The van der Waals surface area contributed by atoms with E-state index in [0.717, 1.165) is 11.4 Å². The summed E-state index contributed by atoms with van der Waals surface area (Å²) in [4.78, 5) is 2.42. The van der Waals surface area contributed by atoms with E-state index in [1.54, 1.807) is 0 Å². The molecule has 2 heteroatoms. The molecule has 0 atom stereocenters. The van der Waals surface area contributed by atoms with Crippen LogP contribution in [0.4, 0.5) is 17.1 Å². The van der Waals surface area contributed by atoms with Crippen molar-refractivity contribution in [3.05, 3.63) is 265 Å². The van der Waals surface area contributed by atoms with Gasteiger partial charge in [0.25, 0.3) is 0 Å². The number of hydrogen-bond donors (Lipinski definition) is 0. The minimum absolute atomic E-state index is 0.219. The van der Waals surface area contributed by atoms with Gasteiger partial charge in [0.05, 0.1) is 22.6 Å². The van der Waals surface area contributed by atoms with Crippen molar-refractivity contribution in [3.63, 3.8) is 0 Å². The third-order valence-corrected chi connectivity index (χ3v) is 16.2. The van der Waals surface area contributed by atoms with Crippen molar-refractivity contribution in [1.29, 1.82) is 0 Å². The Morgan fingerprint density at radius 1 is 0.333 bits per heavy atom. The predicted octanol–water partition coefficient (Wildman–Crippen LogP) is 19.0. The summed E-state index contributed by atoms with van der Waals surface area (Å²) in [6, 6.07) is 90.2. The van der Waals surface area contributed by atoms with Crippen molar-refractivity contribution < 1.29 is 0 Å². The number of hydrogen-bond acceptors (Lipinski definition) is 1. The first kappa shape index (κ1) is 42.2. The predicted molar refractivity (Wildman–Crippen MR) is 304 cm³/mol. The van der Waals surface area contributed by atoms with E-state index in [4.69, 9.17) is 0 Å². The summed E-state index contributed by atoms with van der Waals surface area (Å²) in [5.74, 6) is 0. The maximum Gasteiger partial charge on any atom is 0.0619 e. The third kappa shape index (κ3) is 6.28. The van der Waals surface area contributed by atoms with Gasteiger partial charge in [0.1, 0.15) is 0 Å². The Kier molecular flexibility index (Phi) is 9.32. The summed E-state index contributed by atoms with van der Waals surface area (Å²) in [5.41, 5.74) is 23.5. The second-order valence-electron chi connectivity index (χ2n) is 20.9. The molecule has 0 spiro atoms. The molecule has 0 aliphatic heterocycles. The average molecular weight is 921 g/mol. The van der Waals surface area contributed by atoms with Crippen molar-refractivity contribution in [2.45, 2.75) is 38.5 Å². The molecule has 0 saturated heterocycles. The van der Waals surface area contributed by atoms with E-state index in [1.165, 1.54) is 122 Å². The summed E-state index contributed by atoms with van der Waals surface area (Å²) < 4.78 is 2.55. The summed E-state index contributed by atoms with van der Waals surface area (Å²) in [5, 5.41) is 6.18. The van der Waals surface area contributed by atoms with Gasteiger partial charge < -0.3 is 9.47 Å². The fourth-order valence-electron chi connectivity index (χ4n) is 12.6. The first-order valence-corrected chi connectivity index (χ1v) is 25.3. The van der Waals surface area contributed by atoms with Gasteiger partial charge in [-0.2, -0.15) is 0 Å². The summed E-state index contributed by atoms with van der Waals surface area (Å²) in [7, 11) is 0. The summed E-state index contributed by atoms with van der Waals surface area (Å²) >= 11 is 0. The molecule has 72 heavy (non-hydrogen) atoms. The molecular formula is C70H52N2. The smallest absolute Gasteiger partial charge is 0.0619 e. The zero-order chi connectivity index (χ0) is 48.3. The van der Waals surface area contributed by atoms with Crippen LogP contribution in [0.1, 0.15) is 49.9 Å². The highest BCUT2D eigenvalue weighted by Crippen LogP contribution is 2.56. The molecule has 0 unspecified atom stereocenters. The fraction of sp³-hybridized carbons (Fsp3) is 0.0857. The Bertz CT molecular complexity index is 4130. The lowest BCUT2D eigenvalue weighted by molar-refractivity contribution is 0.660. The van der Waals surface area contributed by atoms with Gasteiger partial charge in [-0.25, -0.2) is 0 Å². The first-order chi connectivity index (χ1) is 35.2. The topological polar surface area (TPSA) is 8.17 Å². The highest BCUT2D eigenvalue weighted by molar-refractivity contribution is 6.10. The van der Waals surface area contributed by atoms with Gasteiger partial charge in [-0.15, -0.1) is 0 Å². The van der Waals surface area contributed by atoms with Gasteiger partial charge in [0.2, 0.25) is 0 Å². The molecule has 342 valence electrons. The monoisotopic (exact) mass is 920 g/mol. The van der Waals surface area contributed by atoms with Crippen molar-refractivity contribution in [2.75, 3.05) is 4.90 Å². The molecule has 0 radical (unpaired) electrons.